The summed E-state index contributed by atoms with van der Waals surface area (Å²) in [6.07, 6.45) is 0.725. The van der Waals surface area contributed by atoms with Crippen LogP contribution in [0.3, 0.4) is 0 Å². The lowest BCUT2D eigenvalue weighted by atomic mass is 9.93. The summed E-state index contributed by atoms with van der Waals surface area (Å²) in [7, 11) is 3.95. The summed E-state index contributed by atoms with van der Waals surface area (Å²) in [6.45, 7) is 9.81. The van der Waals surface area contributed by atoms with Crippen molar-refractivity contribution >= 4 is 17.4 Å². The maximum atomic E-state index is 13.2. The van der Waals surface area contributed by atoms with Crippen LogP contribution in [0.25, 0.3) is 5.76 Å². The van der Waals surface area contributed by atoms with Crippen LogP contribution in [0.2, 0.25) is 0 Å². The molecular formula is C28H36N2O4. The molecule has 0 radical (unpaired) electrons. The zero-order valence-corrected chi connectivity index (χ0v) is 21.1. The number of aliphatic hydroxyl groups is 1. The van der Waals surface area contributed by atoms with Crippen molar-refractivity contribution in [3.8, 4) is 5.75 Å². The molecule has 182 valence electrons. The second-order valence-electron chi connectivity index (χ2n) is 9.38. The summed E-state index contributed by atoms with van der Waals surface area (Å²) in [4.78, 5) is 29.9. The van der Waals surface area contributed by atoms with Crippen LogP contribution >= 0.6 is 0 Å². The number of carbonyl (C=O) groups excluding carboxylic acids is 2. The number of ether oxygens (including phenoxy) is 1. The highest BCUT2D eigenvalue weighted by Gasteiger charge is 2.45. The van der Waals surface area contributed by atoms with E-state index in [1.54, 1.807) is 23.1 Å². The predicted molar refractivity (Wildman–Crippen MR) is 135 cm³/mol. The minimum Gasteiger partial charge on any atom is -0.507 e. The normalized spacial score (nSPS) is 17.8. The first-order valence-electron chi connectivity index (χ1n) is 11.9. The number of aryl methyl sites for hydroxylation is 1. The van der Waals surface area contributed by atoms with E-state index in [1.165, 1.54) is 5.56 Å². The Hall–Kier alpha value is -3.12. The van der Waals surface area contributed by atoms with Gasteiger partial charge in [-0.3, -0.25) is 9.59 Å². The van der Waals surface area contributed by atoms with Gasteiger partial charge in [-0.05, 0) is 81.7 Å². The van der Waals surface area contributed by atoms with E-state index in [0.29, 0.717) is 24.6 Å². The lowest BCUT2D eigenvalue weighted by molar-refractivity contribution is -0.139. The Morgan fingerprint density at radius 3 is 2.35 bits per heavy atom. The van der Waals surface area contributed by atoms with Crippen LogP contribution in [0.15, 0.2) is 48.0 Å². The molecule has 1 aliphatic rings. The summed E-state index contributed by atoms with van der Waals surface area (Å²) in [6, 6.07) is 12.7. The summed E-state index contributed by atoms with van der Waals surface area (Å²) in [5.41, 5.74) is 3.48. The summed E-state index contributed by atoms with van der Waals surface area (Å²) in [5.74, 6) is -0.276. The van der Waals surface area contributed by atoms with Gasteiger partial charge >= 0.3 is 0 Å². The number of aliphatic hydroxyl groups excluding tert-OH is 1. The van der Waals surface area contributed by atoms with E-state index in [9.17, 15) is 14.7 Å². The fourth-order valence-electron chi connectivity index (χ4n) is 4.35. The van der Waals surface area contributed by atoms with Crippen molar-refractivity contribution in [3.63, 3.8) is 0 Å². The topological polar surface area (TPSA) is 70.1 Å². The van der Waals surface area contributed by atoms with Crippen LogP contribution < -0.4 is 4.74 Å². The zero-order chi connectivity index (χ0) is 25.0. The molecule has 0 aliphatic carbocycles. The van der Waals surface area contributed by atoms with E-state index in [-0.39, 0.29) is 11.3 Å². The number of benzene rings is 2. The first kappa shape index (κ1) is 25.5. The molecule has 1 heterocycles. The quantitative estimate of drug-likeness (QED) is 0.325. The summed E-state index contributed by atoms with van der Waals surface area (Å²) < 4.78 is 5.61. The number of rotatable bonds is 9. The Bertz CT molecular complexity index is 1070. The van der Waals surface area contributed by atoms with Gasteiger partial charge in [0, 0.05) is 12.1 Å². The molecular weight excluding hydrogens is 428 g/mol. The van der Waals surface area contributed by atoms with E-state index in [2.05, 4.69) is 13.8 Å². The molecule has 1 N–H and O–H groups in total. The van der Waals surface area contributed by atoms with Crippen molar-refractivity contribution in [2.75, 3.05) is 33.8 Å². The van der Waals surface area contributed by atoms with Crippen molar-refractivity contribution in [3.05, 3.63) is 70.3 Å². The van der Waals surface area contributed by atoms with Crippen molar-refractivity contribution < 1.29 is 19.4 Å². The number of hydrogen-bond acceptors (Lipinski definition) is 5. The molecule has 3 rings (SSSR count). The lowest BCUT2D eigenvalue weighted by Gasteiger charge is -2.26. The Morgan fingerprint density at radius 1 is 1.12 bits per heavy atom. The highest BCUT2D eigenvalue weighted by molar-refractivity contribution is 6.46. The molecule has 0 bridgehead atoms. The van der Waals surface area contributed by atoms with Gasteiger partial charge in [-0.25, -0.2) is 0 Å². The van der Waals surface area contributed by atoms with E-state index in [1.807, 2.05) is 57.1 Å². The Labute approximate surface area is 202 Å². The number of likely N-dealkylation sites (tertiary alicyclic amines) is 1. The number of Topliss-reactive ketones (excluding diaryl/α,β-unsaturated/α-hetero) is 1. The molecule has 1 atom stereocenters. The third-order valence-electron chi connectivity index (χ3n) is 6.21. The second kappa shape index (κ2) is 10.9. The standard InChI is InChI=1S/C28H36N2O4/c1-7-34-23-14-13-22(17-19(23)4)26(31)24-25(21-11-9-20(10-12-21)18(2)3)30(28(33)27(24)32)16-8-15-29(5)6/h9-14,17-18,25,31H,7-8,15-16H2,1-6H3/t25-/m1/s1. The molecule has 0 spiro atoms. The van der Waals surface area contributed by atoms with Crippen LogP contribution in [0.1, 0.15) is 61.4 Å². The summed E-state index contributed by atoms with van der Waals surface area (Å²) >= 11 is 0. The van der Waals surface area contributed by atoms with Crippen LogP contribution in [0.5, 0.6) is 5.75 Å². The SMILES string of the molecule is CCOc1ccc(C(O)=C2C(=O)C(=O)N(CCCN(C)C)[C@@H]2c2ccc(C(C)C)cc2)cc1C. The lowest BCUT2D eigenvalue weighted by Crippen LogP contribution is -2.32. The van der Waals surface area contributed by atoms with Gasteiger partial charge in [0.05, 0.1) is 18.2 Å². The Balaban J connectivity index is 2.09. The van der Waals surface area contributed by atoms with Gasteiger partial charge in [0.2, 0.25) is 0 Å². The molecule has 0 saturated carbocycles. The minimum atomic E-state index is -0.646. The third-order valence-corrected chi connectivity index (χ3v) is 6.21. The maximum Gasteiger partial charge on any atom is 0.295 e. The average Bonchev–Trinajstić information content (AvgIpc) is 3.05. The van der Waals surface area contributed by atoms with Gasteiger partial charge in [0.25, 0.3) is 11.7 Å². The second-order valence-corrected chi connectivity index (χ2v) is 9.38. The highest BCUT2D eigenvalue weighted by Crippen LogP contribution is 2.40. The first-order valence-corrected chi connectivity index (χ1v) is 11.9. The molecule has 6 nitrogen and oxygen atoms in total. The number of ketones is 1. The molecule has 1 amide bonds. The van der Waals surface area contributed by atoms with E-state index < -0.39 is 17.7 Å². The monoisotopic (exact) mass is 464 g/mol. The molecule has 34 heavy (non-hydrogen) atoms. The van der Waals surface area contributed by atoms with Gasteiger partial charge < -0.3 is 19.6 Å². The average molecular weight is 465 g/mol. The molecule has 0 aromatic heterocycles. The van der Waals surface area contributed by atoms with Crippen molar-refractivity contribution in [1.29, 1.82) is 0 Å². The van der Waals surface area contributed by atoms with Crippen molar-refractivity contribution in [1.82, 2.24) is 9.80 Å². The van der Waals surface area contributed by atoms with E-state index >= 15 is 0 Å². The van der Waals surface area contributed by atoms with Crippen LogP contribution in [-0.4, -0.2) is 60.4 Å². The summed E-state index contributed by atoms with van der Waals surface area (Å²) in [5, 5.41) is 11.3. The van der Waals surface area contributed by atoms with Gasteiger partial charge in [-0.2, -0.15) is 0 Å². The van der Waals surface area contributed by atoms with Crippen molar-refractivity contribution in [2.45, 2.75) is 46.1 Å². The van der Waals surface area contributed by atoms with E-state index in [0.717, 1.165) is 29.8 Å². The zero-order valence-electron chi connectivity index (χ0n) is 21.1. The molecule has 0 unspecified atom stereocenters. The molecule has 1 saturated heterocycles. The number of nitrogens with zero attached hydrogens (tertiary/aromatic N) is 2. The van der Waals surface area contributed by atoms with Gasteiger partial charge in [0.1, 0.15) is 11.5 Å². The highest BCUT2D eigenvalue weighted by atomic mass is 16.5. The largest absolute Gasteiger partial charge is 0.507 e. The molecule has 1 aliphatic heterocycles. The molecule has 6 heteroatoms. The minimum absolute atomic E-state index is 0.135. The van der Waals surface area contributed by atoms with Crippen LogP contribution in [0.4, 0.5) is 0 Å². The van der Waals surface area contributed by atoms with Crippen LogP contribution in [0, 0.1) is 6.92 Å². The number of amides is 1. The smallest absolute Gasteiger partial charge is 0.295 e. The maximum absolute atomic E-state index is 13.2. The van der Waals surface area contributed by atoms with E-state index in [4.69, 9.17) is 4.74 Å². The Kier molecular flexibility index (Phi) is 8.15. The molecule has 2 aromatic rings. The Morgan fingerprint density at radius 2 is 1.79 bits per heavy atom. The predicted octanol–water partition coefficient (Wildman–Crippen LogP) is 4.89. The molecule has 1 fully saturated rings. The van der Waals surface area contributed by atoms with Gasteiger partial charge in [-0.1, -0.05) is 38.1 Å². The van der Waals surface area contributed by atoms with Crippen molar-refractivity contribution in [2.24, 2.45) is 0 Å². The fraction of sp³-hybridized carbons (Fsp3) is 0.429. The van der Waals surface area contributed by atoms with Crippen LogP contribution in [-0.2, 0) is 9.59 Å². The third kappa shape index (κ3) is 5.33. The van der Waals surface area contributed by atoms with Gasteiger partial charge in [0.15, 0.2) is 0 Å². The van der Waals surface area contributed by atoms with Gasteiger partial charge in [-0.15, -0.1) is 0 Å². The number of hydrogen-bond donors (Lipinski definition) is 1. The number of carbonyl (C=O) groups is 2. The molecule has 2 aromatic carbocycles. The first-order chi connectivity index (χ1) is 16.1. The fourth-order valence-corrected chi connectivity index (χ4v) is 4.35.